The number of allylic oxidation sites excluding steroid dienone is 10. The summed E-state index contributed by atoms with van der Waals surface area (Å²) in [6.45, 7) is 0. The molecule has 12 heteroatoms. The van der Waals surface area contributed by atoms with Crippen molar-refractivity contribution in [3.05, 3.63) is 199 Å². The Kier molecular flexibility index (Phi) is 6.71. The van der Waals surface area contributed by atoms with Gasteiger partial charge in [0.05, 0.1) is 11.4 Å². The molecule has 0 saturated heterocycles. The fraction of sp³-hybridized carbons (Fsp3) is 0.0545. The maximum Gasteiger partial charge on any atom is 0.451 e. The topological polar surface area (TPSA) is 97.6 Å². The first-order chi connectivity index (χ1) is 33.3. The molecule has 0 fully saturated rings. The van der Waals surface area contributed by atoms with Crippen LogP contribution >= 0.6 is 0 Å². The summed E-state index contributed by atoms with van der Waals surface area (Å²) in [5, 5.41) is 0. The second-order valence-electron chi connectivity index (χ2n) is 17.5. The highest BCUT2D eigenvalue weighted by Crippen LogP contribution is 2.53. The van der Waals surface area contributed by atoms with Crippen LogP contribution in [-0.4, -0.2) is 53.4 Å². The van der Waals surface area contributed by atoms with Gasteiger partial charge in [0.15, 0.2) is 22.5 Å². The van der Waals surface area contributed by atoms with Crippen LogP contribution in [0, 0.1) is 0 Å². The van der Waals surface area contributed by atoms with E-state index in [2.05, 4.69) is 174 Å². The molecule has 5 aliphatic heterocycles. The van der Waals surface area contributed by atoms with Crippen molar-refractivity contribution in [3.63, 3.8) is 0 Å². The van der Waals surface area contributed by atoms with Crippen molar-refractivity contribution in [3.8, 4) is 5.95 Å². The monoisotopic (exact) mass is 862 g/mol. The van der Waals surface area contributed by atoms with Crippen LogP contribution in [0.1, 0.15) is 23.1 Å². The third-order valence-corrected chi connectivity index (χ3v) is 14.2. The number of benzene rings is 3. The van der Waals surface area contributed by atoms with E-state index in [0.717, 1.165) is 91.3 Å². The predicted octanol–water partition coefficient (Wildman–Crippen LogP) is 8.65. The molecule has 16 rings (SSSR count). The van der Waals surface area contributed by atoms with E-state index in [1.165, 1.54) is 22.3 Å². The van der Waals surface area contributed by atoms with Crippen molar-refractivity contribution in [1.82, 2.24) is 39.1 Å². The first-order valence-corrected chi connectivity index (χ1v) is 22.6. The minimum atomic E-state index is -0.156. The molecule has 2 unspecified atom stereocenters. The summed E-state index contributed by atoms with van der Waals surface area (Å²) in [5.41, 5.74) is 17.8. The molecule has 5 aromatic heterocycles. The Morgan fingerprint density at radius 3 is 2.01 bits per heavy atom. The molecule has 0 bridgehead atoms. The van der Waals surface area contributed by atoms with Gasteiger partial charge in [0.2, 0.25) is 5.52 Å². The Bertz CT molecular complexity index is 3830. The fourth-order valence-electron chi connectivity index (χ4n) is 11.7. The molecular formula is C55H34N12+4. The van der Waals surface area contributed by atoms with E-state index in [1.807, 2.05) is 36.8 Å². The average molecular weight is 863 g/mol. The molecule has 67 heavy (non-hydrogen) atoms. The number of hydrogen-bond donors (Lipinski definition) is 0. The molecule has 0 amide bonds. The maximum atomic E-state index is 5.64. The number of para-hydroxylation sites is 4. The molecule has 2 atom stereocenters. The third-order valence-electron chi connectivity index (χ3n) is 14.2. The molecule has 8 aromatic rings. The fourth-order valence-corrected chi connectivity index (χ4v) is 11.7. The summed E-state index contributed by atoms with van der Waals surface area (Å²) in [6, 6.07) is 35.7. The van der Waals surface area contributed by atoms with Crippen LogP contribution < -0.4 is 28.1 Å². The van der Waals surface area contributed by atoms with Gasteiger partial charge in [-0.1, -0.05) is 78.9 Å². The highest BCUT2D eigenvalue weighted by Gasteiger charge is 2.50. The lowest BCUT2D eigenvalue weighted by atomic mass is 9.92. The number of pyridine rings is 3. The van der Waals surface area contributed by atoms with Crippen LogP contribution in [-0.2, 0) is 0 Å². The van der Waals surface area contributed by atoms with E-state index in [9.17, 15) is 0 Å². The first-order valence-electron chi connectivity index (χ1n) is 22.6. The number of rotatable bonds is 3. The van der Waals surface area contributed by atoms with Crippen LogP contribution in [0.5, 0.6) is 0 Å². The molecule has 0 saturated carbocycles. The minimum absolute atomic E-state index is 0.153. The Morgan fingerprint density at radius 1 is 0.507 bits per heavy atom. The minimum Gasteiger partial charge on any atom is -0.308 e. The van der Waals surface area contributed by atoms with E-state index >= 15 is 0 Å². The summed E-state index contributed by atoms with van der Waals surface area (Å²) in [4.78, 5) is 36.8. The van der Waals surface area contributed by atoms with Crippen molar-refractivity contribution in [1.29, 1.82) is 0 Å². The van der Waals surface area contributed by atoms with Gasteiger partial charge in [0, 0.05) is 49.6 Å². The second kappa shape index (κ2) is 12.8. The lowest BCUT2D eigenvalue weighted by molar-refractivity contribution is -0.578. The zero-order valence-corrected chi connectivity index (χ0v) is 35.5. The SMILES string of the molecule is C1=CCC=C2C(=C1)[n+]1c3ncccc3[n+](-c3nc([N+]4=C5C=CC=C6c7cccnc7N(c7ccccc74)C65)nc([N+]4=C5C=CC=C6c7ccccc7N(c7ncccc74)C65)n3)c3cccc2c31. The van der Waals surface area contributed by atoms with Crippen molar-refractivity contribution < 1.29 is 9.13 Å². The van der Waals surface area contributed by atoms with Gasteiger partial charge in [0.25, 0.3) is 0 Å². The zero-order valence-electron chi connectivity index (χ0n) is 35.5. The molecule has 10 heterocycles. The molecule has 310 valence electrons. The van der Waals surface area contributed by atoms with Crippen LogP contribution in [0.25, 0.3) is 50.6 Å². The van der Waals surface area contributed by atoms with Gasteiger partial charge >= 0.3 is 23.5 Å². The van der Waals surface area contributed by atoms with E-state index in [0.29, 0.717) is 17.8 Å². The molecule has 3 aromatic carbocycles. The summed E-state index contributed by atoms with van der Waals surface area (Å²) in [7, 11) is 0. The van der Waals surface area contributed by atoms with Gasteiger partial charge in [-0.25, -0.2) is 9.97 Å². The molecule has 0 radical (unpaired) electrons. The molecular weight excluding hydrogens is 829 g/mol. The Hall–Kier alpha value is -9.16. The predicted molar refractivity (Wildman–Crippen MR) is 261 cm³/mol. The summed E-state index contributed by atoms with van der Waals surface area (Å²) in [6.07, 6.45) is 28.4. The lowest BCUT2D eigenvalue weighted by Gasteiger charge is -2.35. The number of aromatic nitrogens is 8. The average Bonchev–Trinajstić information content (AvgIpc) is 3.94. The maximum absolute atomic E-state index is 5.64. The van der Waals surface area contributed by atoms with Crippen molar-refractivity contribution in [2.24, 2.45) is 0 Å². The molecule has 8 aliphatic rings. The highest BCUT2D eigenvalue weighted by atomic mass is 15.4. The van der Waals surface area contributed by atoms with Crippen molar-refractivity contribution >= 4 is 102 Å². The number of anilines is 4. The lowest BCUT2D eigenvalue weighted by Crippen LogP contribution is -2.46. The van der Waals surface area contributed by atoms with Gasteiger partial charge in [-0.2, -0.15) is 18.3 Å². The number of nitrogens with zero attached hydrogens (tertiary/aromatic N) is 12. The summed E-state index contributed by atoms with van der Waals surface area (Å²) < 4.78 is 8.91. The molecule has 3 aliphatic carbocycles. The molecule has 0 spiro atoms. The number of hydrogen-bond acceptors (Lipinski definition) is 8. The van der Waals surface area contributed by atoms with Gasteiger partial charge in [-0.15, -0.1) is 0 Å². The number of fused-ring (bicyclic) bond motifs is 15. The van der Waals surface area contributed by atoms with Gasteiger partial charge in [0.1, 0.15) is 46.9 Å². The van der Waals surface area contributed by atoms with E-state index < -0.39 is 0 Å². The normalized spacial score (nSPS) is 19.3. The second-order valence-corrected chi connectivity index (χ2v) is 17.5. The highest BCUT2D eigenvalue weighted by molar-refractivity contribution is 6.22. The third kappa shape index (κ3) is 4.46. The Balaban J connectivity index is 1.03. The van der Waals surface area contributed by atoms with Crippen LogP contribution in [0.4, 0.5) is 46.3 Å². The van der Waals surface area contributed by atoms with Gasteiger partial charge in [-0.05, 0) is 108 Å². The van der Waals surface area contributed by atoms with Crippen LogP contribution in [0.3, 0.4) is 0 Å². The standard InChI is InChI=1S/C55H34N12/c1-2-14-32-34-16-8-25-43-47(34)65(38(32)20-3-1)51-45(27-12-30-57-51)63(43)54-59-53(62-40-22-6-7-23-41(40)67-49-36(18-10-24-42(49)62)37-19-11-29-56-50(37)67)60-55(61-54)64-44-26-9-17-35-33-15-4-5-21-39(33)66(48(35)44)52-46(64)28-13-31-58-52/h1,3-31,48-49H,2H2/q+4. The van der Waals surface area contributed by atoms with E-state index in [-0.39, 0.29) is 12.1 Å². The zero-order chi connectivity index (χ0) is 43.5. The van der Waals surface area contributed by atoms with Gasteiger partial charge in [-0.3, -0.25) is 0 Å². The van der Waals surface area contributed by atoms with Crippen LogP contribution in [0.15, 0.2) is 182 Å². The van der Waals surface area contributed by atoms with E-state index in [1.54, 1.807) is 0 Å². The van der Waals surface area contributed by atoms with Crippen molar-refractivity contribution in [2.75, 3.05) is 9.80 Å². The smallest absolute Gasteiger partial charge is 0.308 e. The van der Waals surface area contributed by atoms with E-state index in [4.69, 9.17) is 29.9 Å². The Morgan fingerprint density at radius 2 is 1.15 bits per heavy atom. The van der Waals surface area contributed by atoms with Crippen molar-refractivity contribution in [2.45, 2.75) is 18.5 Å². The summed E-state index contributed by atoms with van der Waals surface area (Å²) in [5.74, 6) is 3.18. The first kappa shape index (κ1) is 35.2. The largest absolute Gasteiger partial charge is 0.451 e. The quantitative estimate of drug-likeness (QED) is 0.129. The molecule has 12 nitrogen and oxygen atoms in total. The molecule has 0 N–H and O–H groups in total. The van der Waals surface area contributed by atoms with Gasteiger partial charge < -0.3 is 9.80 Å². The van der Waals surface area contributed by atoms with Crippen LogP contribution in [0.2, 0.25) is 0 Å². The summed E-state index contributed by atoms with van der Waals surface area (Å²) >= 11 is 0. The Labute approximate surface area is 382 Å².